The van der Waals surface area contributed by atoms with E-state index in [0.717, 1.165) is 6.42 Å². The molecule has 0 unspecified atom stereocenters. The first-order valence-electron chi connectivity index (χ1n) is 11.6. The van der Waals surface area contributed by atoms with Crippen LogP contribution < -0.4 is 9.47 Å². The lowest BCUT2D eigenvalue weighted by atomic mass is 10.1. The topological polar surface area (TPSA) is 118 Å². The second-order valence-corrected chi connectivity index (χ2v) is 11.8. The molecule has 4 atom stereocenters. The average Bonchev–Trinajstić information content (AvgIpc) is 3.48. The highest BCUT2D eigenvalue weighted by atomic mass is 35.5. The van der Waals surface area contributed by atoms with Crippen LogP contribution in [-0.2, 0) is 20.3 Å². The van der Waals surface area contributed by atoms with Crippen molar-refractivity contribution in [1.82, 2.24) is 24.7 Å². The third-order valence-corrected chi connectivity index (χ3v) is 8.99. The summed E-state index contributed by atoms with van der Waals surface area (Å²) in [7, 11) is -0.609. The molecule has 0 amide bonds. The van der Waals surface area contributed by atoms with E-state index in [4.69, 9.17) is 25.8 Å². The summed E-state index contributed by atoms with van der Waals surface area (Å²) in [6.07, 6.45) is 3.72. The fourth-order valence-electron chi connectivity index (χ4n) is 4.37. The van der Waals surface area contributed by atoms with Crippen molar-refractivity contribution in [2.75, 3.05) is 20.8 Å². The molecular weight excluding hydrogens is 506 g/mol. The van der Waals surface area contributed by atoms with Gasteiger partial charge in [0.1, 0.15) is 34.6 Å². The molecule has 0 aliphatic carbocycles. The largest absolute Gasteiger partial charge is 0.494 e. The molecule has 1 aromatic carbocycles. The predicted octanol–water partition coefficient (Wildman–Crippen LogP) is 3.73. The molecule has 1 saturated heterocycles. The van der Waals surface area contributed by atoms with Crippen molar-refractivity contribution in [3.8, 4) is 17.2 Å². The average molecular weight is 536 g/mol. The Hall–Kier alpha value is -2.76. The number of rotatable bonds is 9. The predicted molar refractivity (Wildman–Crippen MR) is 135 cm³/mol. The maximum Gasteiger partial charge on any atom is 0.160 e. The summed E-state index contributed by atoms with van der Waals surface area (Å²) in [4.78, 5) is 8.41. The van der Waals surface area contributed by atoms with Gasteiger partial charge in [-0.05, 0) is 32.4 Å². The molecule has 0 radical (unpaired) electrons. The Bertz CT molecular complexity index is 1290. The first-order chi connectivity index (χ1) is 17.2. The number of nitrogens with zero attached hydrogens (tertiary/aromatic N) is 5. The lowest BCUT2D eigenvalue weighted by Crippen LogP contribution is -2.27. The Kier molecular flexibility index (Phi) is 7.82. The highest BCUT2D eigenvalue weighted by Crippen LogP contribution is 2.38. The zero-order valence-electron chi connectivity index (χ0n) is 20.9. The molecule has 10 nitrogen and oxygen atoms in total. The van der Waals surface area contributed by atoms with E-state index in [1.807, 2.05) is 6.92 Å². The van der Waals surface area contributed by atoms with E-state index >= 15 is 0 Å². The lowest BCUT2D eigenvalue weighted by molar-refractivity contribution is 0.123. The van der Waals surface area contributed by atoms with E-state index in [1.165, 1.54) is 12.4 Å². The fourth-order valence-corrected chi connectivity index (χ4v) is 6.02. The molecule has 0 saturated carbocycles. The van der Waals surface area contributed by atoms with Crippen LogP contribution in [0.4, 0.5) is 0 Å². The smallest absolute Gasteiger partial charge is 0.160 e. The molecule has 1 fully saturated rings. The molecule has 1 aliphatic rings. The molecule has 1 aliphatic heterocycles. The molecule has 194 valence electrons. The number of para-hydroxylation sites is 1. The van der Waals surface area contributed by atoms with Gasteiger partial charge in [-0.2, -0.15) is 0 Å². The van der Waals surface area contributed by atoms with Crippen LogP contribution in [0.25, 0.3) is 5.69 Å². The number of benzene rings is 1. The number of methoxy groups -OCH3 is 2. The van der Waals surface area contributed by atoms with Gasteiger partial charge in [0, 0.05) is 24.2 Å². The van der Waals surface area contributed by atoms with Gasteiger partial charge >= 0.3 is 0 Å². The summed E-state index contributed by atoms with van der Waals surface area (Å²) in [5.74, 6) is 1.43. The zero-order valence-corrected chi connectivity index (χ0v) is 22.5. The third-order valence-electron chi connectivity index (χ3n) is 6.59. The van der Waals surface area contributed by atoms with Gasteiger partial charge in [0.25, 0.3) is 0 Å². The van der Waals surface area contributed by atoms with Crippen LogP contribution in [0, 0.1) is 0 Å². The van der Waals surface area contributed by atoms with E-state index in [0.29, 0.717) is 40.5 Å². The Morgan fingerprint density at radius 3 is 2.33 bits per heavy atom. The number of hydrogen-bond acceptors (Lipinski definition) is 9. The van der Waals surface area contributed by atoms with Crippen molar-refractivity contribution in [2.45, 2.75) is 56.1 Å². The lowest BCUT2D eigenvalue weighted by Gasteiger charge is -2.21. The SMILES string of the molecule is COc1cccc(OC)c1-n1c(CS(=O)(=O)[C@@H](C)[C@H](C)c2ncc(Cl)cn2)nnc1[C@H]1CO[C@H](C)C1. The molecule has 12 heteroatoms. The van der Waals surface area contributed by atoms with Crippen LogP contribution in [0.5, 0.6) is 11.5 Å². The molecule has 0 N–H and O–H groups in total. The van der Waals surface area contributed by atoms with Crippen molar-refractivity contribution in [2.24, 2.45) is 0 Å². The minimum absolute atomic E-state index is 0.0580. The summed E-state index contributed by atoms with van der Waals surface area (Å²) in [5.41, 5.74) is 0.550. The minimum Gasteiger partial charge on any atom is -0.494 e. The first-order valence-corrected chi connectivity index (χ1v) is 13.7. The summed E-state index contributed by atoms with van der Waals surface area (Å²) >= 11 is 5.89. The number of halogens is 1. The number of sulfone groups is 1. The monoisotopic (exact) mass is 535 g/mol. The molecule has 36 heavy (non-hydrogen) atoms. The van der Waals surface area contributed by atoms with Gasteiger partial charge in [0.05, 0.1) is 37.2 Å². The first kappa shape index (κ1) is 26.3. The van der Waals surface area contributed by atoms with Crippen molar-refractivity contribution in [3.05, 3.63) is 53.1 Å². The van der Waals surface area contributed by atoms with Crippen molar-refractivity contribution < 1.29 is 22.6 Å². The van der Waals surface area contributed by atoms with Gasteiger partial charge in [0.2, 0.25) is 0 Å². The molecule has 0 spiro atoms. The van der Waals surface area contributed by atoms with Gasteiger partial charge < -0.3 is 14.2 Å². The van der Waals surface area contributed by atoms with Gasteiger partial charge in [-0.15, -0.1) is 10.2 Å². The number of aromatic nitrogens is 5. The van der Waals surface area contributed by atoms with Crippen LogP contribution in [0.3, 0.4) is 0 Å². The second-order valence-electron chi connectivity index (χ2n) is 8.96. The maximum atomic E-state index is 13.6. The van der Waals surface area contributed by atoms with Gasteiger partial charge in [-0.3, -0.25) is 4.57 Å². The van der Waals surface area contributed by atoms with Crippen molar-refractivity contribution in [1.29, 1.82) is 0 Å². The molecule has 3 aromatic rings. The van der Waals surface area contributed by atoms with Gasteiger partial charge in [-0.25, -0.2) is 18.4 Å². The van der Waals surface area contributed by atoms with E-state index < -0.39 is 21.0 Å². The second kappa shape index (κ2) is 10.7. The van der Waals surface area contributed by atoms with Crippen LogP contribution in [0.1, 0.15) is 56.5 Å². The summed E-state index contributed by atoms with van der Waals surface area (Å²) in [6, 6.07) is 5.38. The molecular formula is C24H30ClN5O5S. The van der Waals surface area contributed by atoms with Crippen LogP contribution in [0.15, 0.2) is 30.6 Å². The standard InChI is InChI=1S/C24H30ClN5O5S/c1-14-9-17(12-35-14)24-29-28-21(30(24)22-19(33-4)7-6-8-20(22)34-5)13-36(31,32)16(3)15(2)23-26-10-18(25)11-27-23/h6-8,10-11,14-17H,9,12-13H2,1-5H3/t14-,15+,16+,17-/m1/s1. The van der Waals surface area contributed by atoms with E-state index in [2.05, 4.69) is 20.2 Å². The molecule has 3 heterocycles. The Balaban J connectivity index is 1.77. The van der Waals surface area contributed by atoms with Crippen molar-refractivity contribution in [3.63, 3.8) is 0 Å². The highest BCUT2D eigenvalue weighted by Gasteiger charge is 2.35. The summed E-state index contributed by atoms with van der Waals surface area (Å²) < 4.78 is 46.0. The van der Waals surface area contributed by atoms with E-state index in [-0.39, 0.29) is 23.6 Å². The summed E-state index contributed by atoms with van der Waals surface area (Å²) in [5, 5.41) is 8.37. The Labute approximate surface area is 215 Å². The Morgan fingerprint density at radius 1 is 1.14 bits per heavy atom. The quantitative estimate of drug-likeness (QED) is 0.403. The molecule has 4 rings (SSSR count). The highest BCUT2D eigenvalue weighted by molar-refractivity contribution is 7.91. The van der Waals surface area contributed by atoms with Crippen LogP contribution in [0.2, 0.25) is 5.02 Å². The normalized spacial score (nSPS) is 19.7. The minimum atomic E-state index is -3.71. The Morgan fingerprint density at radius 2 is 1.78 bits per heavy atom. The third kappa shape index (κ3) is 5.18. The van der Waals surface area contributed by atoms with Crippen molar-refractivity contribution >= 4 is 21.4 Å². The van der Waals surface area contributed by atoms with E-state index in [1.54, 1.807) is 50.8 Å². The number of ether oxygens (including phenoxy) is 3. The van der Waals surface area contributed by atoms with Gasteiger partial charge in [-0.1, -0.05) is 24.6 Å². The van der Waals surface area contributed by atoms with Gasteiger partial charge in [0.15, 0.2) is 15.7 Å². The molecule has 0 bridgehead atoms. The van der Waals surface area contributed by atoms with E-state index in [9.17, 15) is 8.42 Å². The number of hydrogen-bond donors (Lipinski definition) is 0. The molecule has 2 aromatic heterocycles. The fraction of sp³-hybridized carbons (Fsp3) is 0.500. The van der Waals surface area contributed by atoms with Crippen LogP contribution in [-0.4, -0.2) is 65.3 Å². The zero-order chi connectivity index (χ0) is 26.0. The summed E-state index contributed by atoms with van der Waals surface area (Å²) in [6.45, 7) is 5.89. The van der Waals surface area contributed by atoms with Crippen LogP contribution >= 0.6 is 11.6 Å². The maximum absolute atomic E-state index is 13.6.